The van der Waals surface area contributed by atoms with Crippen LogP contribution in [0.1, 0.15) is 5.56 Å². The third-order valence-corrected chi connectivity index (χ3v) is 2.85. The van der Waals surface area contributed by atoms with Crippen LogP contribution in [-0.4, -0.2) is 21.3 Å². The summed E-state index contributed by atoms with van der Waals surface area (Å²) < 4.78 is 37.8. The van der Waals surface area contributed by atoms with Gasteiger partial charge in [-0.1, -0.05) is 17.7 Å². The Morgan fingerprint density at radius 3 is 2.67 bits per heavy atom. The Hall–Kier alpha value is -0.810. The van der Waals surface area contributed by atoms with Crippen LogP contribution in [0, 0.1) is 0 Å². The third kappa shape index (κ3) is 4.05. The van der Waals surface area contributed by atoms with Gasteiger partial charge in [0.25, 0.3) is 0 Å². The smallest absolute Gasteiger partial charge is 0.302 e. The van der Waals surface area contributed by atoms with Gasteiger partial charge in [-0.2, -0.15) is 8.42 Å². The van der Waals surface area contributed by atoms with Gasteiger partial charge in [0.15, 0.2) is 0 Å². The van der Waals surface area contributed by atoms with Gasteiger partial charge in [-0.25, -0.2) is 0 Å². The molecule has 0 unspecified atom stereocenters. The Bertz CT molecular complexity index is 445. The first-order chi connectivity index (χ1) is 6.92. The average Bonchev–Trinajstić information content (AvgIpc) is 2.15. The van der Waals surface area contributed by atoms with Crippen molar-refractivity contribution in [2.24, 2.45) is 0 Å². The summed E-state index contributed by atoms with van der Waals surface area (Å²) in [5, 5.41) is 0.435. The second-order valence-corrected chi connectivity index (χ2v) is 4.85. The van der Waals surface area contributed by atoms with Gasteiger partial charge in [0, 0.05) is 0 Å². The normalized spacial score (nSPS) is 11.4. The van der Waals surface area contributed by atoms with E-state index in [1.54, 1.807) is 18.2 Å². The molecular formula is C9H10ClFO3S. The zero-order valence-electron chi connectivity index (χ0n) is 8.04. The Morgan fingerprint density at radius 2 is 2.13 bits per heavy atom. The van der Waals surface area contributed by atoms with Gasteiger partial charge in [-0.15, -0.1) is 3.89 Å². The van der Waals surface area contributed by atoms with E-state index < -0.39 is 16.0 Å². The molecule has 0 aliphatic carbocycles. The lowest BCUT2D eigenvalue weighted by Crippen LogP contribution is -2.02. The zero-order chi connectivity index (χ0) is 11.5. The first-order valence-electron chi connectivity index (χ1n) is 4.17. The van der Waals surface area contributed by atoms with E-state index in [9.17, 15) is 12.3 Å². The second-order valence-electron chi connectivity index (χ2n) is 2.96. The van der Waals surface area contributed by atoms with E-state index in [-0.39, 0.29) is 6.42 Å². The fraction of sp³-hybridized carbons (Fsp3) is 0.333. The fourth-order valence-corrected chi connectivity index (χ4v) is 1.77. The molecule has 1 rings (SSSR count). The summed E-state index contributed by atoms with van der Waals surface area (Å²) in [6.07, 6.45) is 0.104. The first-order valence-corrected chi connectivity index (χ1v) is 6.10. The third-order valence-electron chi connectivity index (χ3n) is 1.85. The van der Waals surface area contributed by atoms with Gasteiger partial charge >= 0.3 is 10.2 Å². The lowest BCUT2D eigenvalue weighted by molar-refractivity contribution is 0.414. The van der Waals surface area contributed by atoms with Gasteiger partial charge in [0.1, 0.15) is 5.75 Å². The van der Waals surface area contributed by atoms with Crippen LogP contribution in [0.25, 0.3) is 0 Å². The van der Waals surface area contributed by atoms with Crippen molar-refractivity contribution in [3.05, 3.63) is 28.8 Å². The SMILES string of the molecule is COc1cc(CCS(=O)(=O)F)ccc1Cl. The van der Waals surface area contributed by atoms with Crippen molar-refractivity contribution in [1.82, 2.24) is 0 Å². The van der Waals surface area contributed by atoms with Gasteiger partial charge in [-0.05, 0) is 24.1 Å². The predicted octanol–water partition coefficient (Wildman–Crippen LogP) is 2.19. The molecule has 0 amide bonds. The Balaban J connectivity index is 2.79. The summed E-state index contributed by atoms with van der Waals surface area (Å²) in [6.45, 7) is 0. The van der Waals surface area contributed by atoms with E-state index >= 15 is 0 Å². The summed E-state index contributed by atoms with van der Waals surface area (Å²) in [5.74, 6) is -0.0805. The molecule has 84 valence electrons. The van der Waals surface area contributed by atoms with Crippen LogP contribution in [0.5, 0.6) is 5.75 Å². The minimum atomic E-state index is -4.43. The summed E-state index contributed by atoms with van der Waals surface area (Å²) in [7, 11) is -2.97. The van der Waals surface area contributed by atoms with Crippen LogP contribution in [0.15, 0.2) is 18.2 Å². The van der Waals surface area contributed by atoms with E-state index in [0.717, 1.165) is 0 Å². The minimum absolute atomic E-state index is 0.104. The highest BCUT2D eigenvalue weighted by atomic mass is 35.5. The molecule has 0 aliphatic heterocycles. The maximum atomic E-state index is 12.3. The van der Waals surface area contributed by atoms with Gasteiger partial charge < -0.3 is 4.74 Å². The quantitative estimate of drug-likeness (QED) is 0.772. The number of hydrogen-bond acceptors (Lipinski definition) is 3. The maximum absolute atomic E-state index is 12.3. The monoisotopic (exact) mass is 252 g/mol. The topological polar surface area (TPSA) is 43.4 Å². The molecule has 1 aromatic carbocycles. The van der Waals surface area contributed by atoms with Crippen molar-refractivity contribution >= 4 is 21.8 Å². The molecule has 6 heteroatoms. The second kappa shape index (κ2) is 4.81. The summed E-state index contributed by atoms with van der Waals surface area (Å²) in [4.78, 5) is 0. The number of rotatable bonds is 4. The van der Waals surface area contributed by atoms with Crippen molar-refractivity contribution < 1.29 is 17.0 Å². The number of benzene rings is 1. The number of hydrogen-bond donors (Lipinski definition) is 0. The molecule has 1 aromatic rings. The Kier molecular flexibility index (Phi) is 3.93. The molecule has 0 aliphatic rings. The van der Waals surface area contributed by atoms with Crippen LogP contribution in [0.3, 0.4) is 0 Å². The molecule has 0 bridgehead atoms. The van der Waals surface area contributed by atoms with E-state index in [1.165, 1.54) is 7.11 Å². The molecule has 0 aromatic heterocycles. The molecule has 0 heterocycles. The van der Waals surface area contributed by atoms with Crippen molar-refractivity contribution in [3.63, 3.8) is 0 Å². The standard InChI is InChI=1S/C9H10ClFO3S/c1-14-9-6-7(2-3-8(9)10)4-5-15(11,12)13/h2-3,6H,4-5H2,1H3. The molecule has 0 spiro atoms. The summed E-state index contributed by atoms with van der Waals surface area (Å²) in [6, 6.07) is 4.81. The number of methoxy groups -OCH3 is 1. The van der Waals surface area contributed by atoms with Gasteiger partial charge in [0.2, 0.25) is 0 Å². The summed E-state index contributed by atoms with van der Waals surface area (Å²) >= 11 is 5.77. The predicted molar refractivity (Wildman–Crippen MR) is 56.6 cm³/mol. The zero-order valence-corrected chi connectivity index (χ0v) is 9.61. The van der Waals surface area contributed by atoms with Gasteiger partial charge in [-0.3, -0.25) is 0 Å². The molecule has 0 fully saturated rings. The maximum Gasteiger partial charge on any atom is 0.302 e. The highest BCUT2D eigenvalue weighted by molar-refractivity contribution is 7.86. The van der Waals surface area contributed by atoms with Crippen molar-refractivity contribution in [2.75, 3.05) is 12.9 Å². The lowest BCUT2D eigenvalue weighted by Gasteiger charge is -2.05. The molecule has 15 heavy (non-hydrogen) atoms. The fourth-order valence-electron chi connectivity index (χ4n) is 1.10. The van der Waals surface area contributed by atoms with Crippen LogP contribution in [0.2, 0.25) is 5.02 Å². The Labute approximate surface area is 93.0 Å². The highest BCUT2D eigenvalue weighted by Crippen LogP contribution is 2.25. The Morgan fingerprint density at radius 1 is 1.47 bits per heavy atom. The molecular weight excluding hydrogens is 243 g/mol. The van der Waals surface area contributed by atoms with E-state index in [1.807, 2.05) is 0 Å². The van der Waals surface area contributed by atoms with E-state index in [0.29, 0.717) is 16.3 Å². The first kappa shape index (κ1) is 12.3. The van der Waals surface area contributed by atoms with Crippen molar-refractivity contribution in [2.45, 2.75) is 6.42 Å². The molecule has 0 saturated heterocycles. The number of halogens is 2. The van der Waals surface area contributed by atoms with Crippen molar-refractivity contribution in [1.29, 1.82) is 0 Å². The summed E-state index contributed by atoms with van der Waals surface area (Å²) in [5.41, 5.74) is 0.664. The lowest BCUT2D eigenvalue weighted by atomic mass is 10.2. The highest BCUT2D eigenvalue weighted by Gasteiger charge is 2.08. The van der Waals surface area contributed by atoms with Crippen LogP contribution < -0.4 is 4.74 Å². The average molecular weight is 253 g/mol. The van der Waals surface area contributed by atoms with Gasteiger partial charge in [0.05, 0.1) is 17.9 Å². The van der Waals surface area contributed by atoms with Crippen LogP contribution in [-0.2, 0) is 16.6 Å². The van der Waals surface area contributed by atoms with Crippen LogP contribution in [0.4, 0.5) is 3.89 Å². The van der Waals surface area contributed by atoms with E-state index in [4.69, 9.17) is 16.3 Å². The molecule has 3 nitrogen and oxygen atoms in total. The number of ether oxygens (including phenoxy) is 1. The largest absolute Gasteiger partial charge is 0.495 e. The molecule has 0 radical (unpaired) electrons. The van der Waals surface area contributed by atoms with Crippen LogP contribution >= 0.6 is 11.6 Å². The van der Waals surface area contributed by atoms with E-state index in [2.05, 4.69) is 0 Å². The molecule has 0 saturated carbocycles. The molecule has 0 atom stereocenters. The minimum Gasteiger partial charge on any atom is -0.495 e. The molecule has 0 N–H and O–H groups in total. The van der Waals surface area contributed by atoms with Crippen molar-refractivity contribution in [3.8, 4) is 5.75 Å². The number of aryl methyl sites for hydroxylation is 1.